The fourth-order valence-corrected chi connectivity index (χ4v) is 5.60. The van der Waals surface area contributed by atoms with Crippen molar-refractivity contribution in [2.24, 2.45) is 7.05 Å². The molecule has 0 unspecified atom stereocenters. The molecule has 0 radical (unpaired) electrons. The van der Waals surface area contributed by atoms with E-state index in [4.69, 9.17) is 4.74 Å². The van der Waals surface area contributed by atoms with Gasteiger partial charge in [0.1, 0.15) is 5.00 Å². The quantitative estimate of drug-likeness (QED) is 0.357. The molecule has 1 aliphatic carbocycles. The van der Waals surface area contributed by atoms with Gasteiger partial charge in [-0.2, -0.15) is 0 Å². The number of carbonyl (C=O) groups excluding carboxylic acids is 2. The third-order valence-electron chi connectivity index (χ3n) is 4.93. The Morgan fingerprint density at radius 2 is 2.10 bits per heavy atom. The van der Waals surface area contributed by atoms with Crippen LogP contribution in [0.5, 0.6) is 0 Å². The molecular formula is C21H21N3O4S2. The zero-order valence-electron chi connectivity index (χ0n) is 16.7. The van der Waals surface area contributed by atoms with Gasteiger partial charge in [0, 0.05) is 11.9 Å². The molecule has 156 valence electrons. The molecular weight excluding hydrogens is 422 g/mol. The number of thioether (sulfide) groups is 1. The number of aryl methyl sites for hydroxylation is 1. The van der Waals surface area contributed by atoms with Gasteiger partial charge in [0.05, 0.1) is 28.8 Å². The Balaban J connectivity index is 1.51. The van der Waals surface area contributed by atoms with Crippen LogP contribution in [0.4, 0.5) is 5.00 Å². The number of nitrogens with zero attached hydrogens (tertiary/aromatic N) is 2. The average Bonchev–Trinajstić information content (AvgIpc) is 3.30. The van der Waals surface area contributed by atoms with Gasteiger partial charge in [0.2, 0.25) is 5.91 Å². The van der Waals surface area contributed by atoms with Crippen LogP contribution in [-0.4, -0.2) is 33.8 Å². The number of thiophene rings is 1. The standard InChI is InChI=1S/C21H21N3O4S2/c1-3-28-20(27)17-13-8-6-10-15(13)30-18(17)23-16(25)11-29-21-22-14-9-5-4-7-12(14)19(26)24(21)2/h4-5,7,9H,3,6,8,10-11H2,1-2H3,(H,23,25). The van der Waals surface area contributed by atoms with Crippen LogP contribution in [0.2, 0.25) is 0 Å². The van der Waals surface area contributed by atoms with Crippen LogP contribution < -0.4 is 10.9 Å². The maximum atomic E-state index is 12.6. The minimum absolute atomic E-state index is 0.0729. The summed E-state index contributed by atoms with van der Waals surface area (Å²) in [6.07, 6.45) is 2.76. The van der Waals surface area contributed by atoms with E-state index in [0.717, 1.165) is 29.7 Å². The van der Waals surface area contributed by atoms with Crippen LogP contribution in [0.15, 0.2) is 34.2 Å². The van der Waals surface area contributed by atoms with Crippen molar-refractivity contribution in [2.75, 3.05) is 17.7 Å². The molecule has 9 heteroatoms. The molecule has 2 aromatic heterocycles. The van der Waals surface area contributed by atoms with E-state index in [2.05, 4.69) is 10.3 Å². The van der Waals surface area contributed by atoms with Crippen molar-refractivity contribution < 1.29 is 14.3 Å². The first-order valence-corrected chi connectivity index (χ1v) is 11.5. The van der Waals surface area contributed by atoms with E-state index in [1.807, 2.05) is 6.07 Å². The minimum Gasteiger partial charge on any atom is -0.462 e. The second kappa shape index (κ2) is 8.61. The van der Waals surface area contributed by atoms with Crippen LogP contribution >= 0.6 is 23.1 Å². The maximum Gasteiger partial charge on any atom is 0.341 e. The Labute approximate surface area is 181 Å². The van der Waals surface area contributed by atoms with Crippen molar-refractivity contribution in [3.05, 3.63) is 50.6 Å². The van der Waals surface area contributed by atoms with E-state index in [1.165, 1.54) is 27.7 Å². The van der Waals surface area contributed by atoms with Crippen LogP contribution in [0.25, 0.3) is 10.9 Å². The molecule has 3 aromatic rings. The lowest BCUT2D eigenvalue weighted by Crippen LogP contribution is -2.21. The number of esters is 1. The Morgan fingerprint density at radius 1 is 1.30 bits per heavy atom. The Bertz CT molecular complexity index is 1200. The van der Waals surface area contributed by atoms with Gasteiger partial charge >= 0.3 is 5.97 Å². The molecule has 0 saturated carbocycles. The van der Waals surface area contributed by atoms with Crippen molar-refractivity contribution in [3.63, 3.8) is 0 Å². The number of benzene rings is 1. The number of hydrogen-bond acceptors (Lipinski definition) is 7. The average molecular weight is 444 g/mol. The smallest absolute Gasteiger partial charge is 0.341 e. The molecule has 7 nitrogen and oxygen atoms in total. The SMILES string of the molecule is CCOC(=O)c1c(NC(=O)CSc2nc3ccccc3c(=O)n2C)sc2c1CCC2. The molecule has 0 saturated heterocycles. The van der Waals surface area contributed by atoms with Gasteiger partial charge in [-0.1, -0.05) is 23.9 Å². The van der Waals surface area contributed by atoms with Gasteiger partial charge in [-0.25, -0.2) is 9.78 Å². The topological polar surface area (TPSA) is 90.3 Å². The summed E-state index contributed by atoms with van der Waals surface area (Å²) in [5.41, 5.74) is 1.94. The number of aromatic nitrogens is 2. The first-order chi connectivity index (χ1) is 14.5. The van der Waals surface area contributed by atoms with Crippen LogP contribution in [0, 0.1) is 0 Å². The first kappa shape index (κ1) is 20.6. The van der Waals surface area contributed by atoms with Gasteiger partial charge in [0.25, 0.3) is 5.56 Å². The summed E-state index contributed by atoms with van der Waals surface area (Å²) in [6.45, 7) is 2.05. The lowest BCUT2D eigenvalue weighted by Gasteiger charge is -2.10. The van der Waals surface area contributed by atoms with Gasteiger partial charge in [0.15, 0.2) is 5.16 Å². The van der Waals surface area contributed by atoms with Gasteiger partial charge in [-0.3, -0.25) is 14.2 Å². The maximum absolute atomic E-state index is 12.6. The number of anilines is 1. The van der Waals surface area contributed by atoms with Crippen molar-refractivity contribution >= 4 is 50.9 Å². The summed E-state index contributed by atoms with van der Waals surface area (Å²) in [5.74, 6) is -0.574. The van der Waals surface area contributed by atoms with Crippen molar-refractivity contribution in [3.8, 4) is 0 Å². The summed E-state index contributed by atoms with van der Waals surface area (Å²) >= 11 is 2.63. The number of fused-ring (bicyclic) bond motifs is 2. The largest absolute Gasteiger partial charge is 0.462 e. The third kappa shape index (κ3) is 3.87. The lowest BCUT2D eigenvalue weighted by atomic mass is 10.1. The molecule has 30 heavy (non-hydrogen) atoms. The van der Waals surface area contributed by atoms with E-state index in [0.29, 0.717) is 26.6 Å². The van der Waals surface area contributed by atoms with Gasteiger partial charge in [-0.15, -0.1) is 11.3 Å². The molecule has 0 fully saturated rings. The molecule has 4 rings (SSSR count). The van der Waals surface area contributed by atoms with Crippen LogP contribution in [0.1, 0.15) is 34.1 Å². The van der Waals surface area contributed by atoms with E-state index < -0.39 is 5.97 Å². The van der Waals surface area contributed by atoms with Crippen molar-refractivity contribution in [1.82, 2.24) is 9.55 Å². The summed E-state index contributed by atoms with van der Waals surface area (Å²) in [4.78, 5) is 43.2. The third-order valence-corrected chi connectivity index (χ3v) is 7.17. The first-order valence-electron chi connectivity index (χ1n) is 9.69. The summed E-state index contributed by atoms with van der Waals surface area (Å²) < 4.78 is 6.64. The highest BCUT2D eigenvalue weighted by Gasteiger charge is 2.28. The molecule has 0 atom stereocenters. The highest BCUT2D eigenvalue weighted by Crippen LogP contribution is 2.39. The zero-order valence-corrected chi connectivity index (χ0v) is 18.3. The Hall–Kier alpha value is -2.65. The summed E-state index contributed by atoms with van der Waals surface area (Å²) in [5, 5.41) is 4.42. The van der Waals surface area contributed by atoms with E-state index in [9.17, 15) is 14.4 Å². The molecule has 1 aliphatic rings. The number of nitrogens with one attached hydrogen (secondary N) is 1. The fourth-order valence-electron chi connectivity index (χ4n) is 3.53. The summed E-state index contributed by atoms with van der Waals surface area (Å²) in [6, 6.07) is 7.13. The number of amides is 1. The monoisotopic (exact) mass is 443 g/mol. The fraction of sp³-hybridized carbons (Fsp3) is 0.333. The predicted molar refractivity (Wildman–Crippen MR) is 119 cm³/mol. The summed E-state index contributed by atoms with van der Waals surface area (Å²) in [7, 11) is 1.64. The van der Waals surface area contributed by atoms with Crippen molar-refractivity contribution in [1.29, 1.82) is 0 Å². The van der Waals surface area contributed by atoms with Crippen LogP contribution in [-0.2, 0) is 29.4 Å². The second-order valence-electron chi connectivity index (χ2n) is 6.89. The lowest BCUT2D eigenvalue weighted by molar-refractivity contribution is -0.113. The molecule has 0 spiro atoms. The number of carbonyl (C=O) groups is 2. The Morgan fingerprint density at radius 3 is 2.90 bits per heavy atom. The van der Waals surface area contributed by atoms with Gasteiger partial charge < -0.3 is 10.1 Å². The molecule has 1 aromatic carbocycles. The van der Waals surface area contributed by atoms with E-state index >= 15 is 0 Å². The predicted octanol–water partition coefficient (Wildman–Crippen LogP) is 3.39. The Kier molecular flexibility index (Phi) is 5.92. The number of para-hydroxylation sites is 1. The van der Waals surface area contributed by atoms with Crippen LogP contribution in [0.3, 0.4) is 0 Å². The van der Waals surface area contributed by atoms with Crippen molar-refractivity contribution in [2.45, 2.75) is 31.3 Å². The second-order valence-corrected chi connectivity index (χ2v) is 8.94. The number of hydrogen-bond donors (Lipinski definition) is 1. The zero-order chi connectivity index (χ0) is 21.3. The normalized spacial score (nSPS) is 12.7. The molecule has 0 aliphatic heterocycles. The van der Waals surface area contributed by atoms with Gasteiger partial charge in [-0.05, 0) is 43.9 Å². The van der Waals surface area contributed by atoms with E-state index in [-0.39, 0.29) is 23.8 Å². The highest BCUT2D eigenvalue weighted by molar-refractivity contribution is 7.99. The number of rotatable bonds is 6. The molecule has 0 bridgehead atoms. The van der Waals surface area contributed by atoms with E-state index in [1.54, 1.807) is 32.2 Å². The highest BCUT2D eigenvalue weighted by atomic mass is 32.2. The molecule has 2 heterocycles. The molecule has 1 N–H and O–H groups in total. The minimum atomic E-state index is -0.390. The molecule has 1 amide bonds. The number of ether oxygens (including phenoxy) is 1.